The van der Waals surface area contributed by atoms with E-state index >= 15 is 0 Å². The van der Waals surface area contributed by atoms with E-state index in [4.69, 9.17) is 9.15 Å². The Morgan fingerprint density at radius 1 is 1.25 bits per heavy atom. The molecule has 0 unspecified atom stereocenters. The van der Waals surface area contributed by atoms with Crippen molar-refractivity contribution in [1.82, 2.24) is 14.8 Å². The van der Waals surface area contributed by atoms with E-state index in [9.17, 15) is 9.59 Å². The van der Waals surface area contributed by atoms with Crippen LogP contribution in [0.5, 0.6) is 0 Å². The Morgan fingerprint density at radius 3 is 2.84 bits per heavy atom. The van der Waals surface area contributed by atoms with Crippen LogP contribution in [0.4, 0.5) is 5.00 Å². The van der Waals surface area contributed by atoms with Crippen molar-refractivity contribution >= 4 is 51.3 Å². The number of esters is 1. The third-order valence-corrected chi connectivity index (χ3v) is 7.27. The van der Waals surface area contributed by atoms with Crippen molar-refractivity contribution in [2.45, 2.75) is 18.5 Å². The van der Waals surface area contributed by atoms with Crippen LogP contribution in [0.25, 0.3) is 11.3 Å². The van der Waals surface area contributed by atoms with Crippen molar-refractivity contribution in [3.8, 4) is 11.3 Å². The number of hydrogen-bond acceptors (Lipinski definition) is 9. The molecule has 0 radical (unpaired) electrons. The van der Waals surface area contributed by atoms with Gasteiger partial charge in [0.2, 0.25) is 5.91 Å². The first-order valence-electron chi connectivity index (χ1n) is 9.72. The summed E-state index contributed by atoms with van der Waals surface area (Å²) in [7, 11) is 1.89. The standard InChI is InChI=1S/C21H20N4O4S3/c1-3-28-20(27)18-14(15-7-4-8-29-15)11-31-19(18)22-17(26)12-32-21-24-23-16(25(21)2)10-13-6-5-9-30-13/h4-9,11H,3,10,12H2,1-2H3,(H,22,26). The smallest absolute Gasteiger partial charge is 0.341 e. The van der Waals surface area contributed by atoms with Crippen LogP contribution in [0.2, 0.25) is 0 Å². The Morgan fingerprint density at radius 2 is 2.12 bits per heavy atom. The molecular formula is C21H20N4O4S3. The van der Waals surface area contributed by atoms with Gasteiger partial charge in [0.25, 0.3) is 0 Å². The summed E-state index contributed by atoms with van der Waals surface area (Å²) in [6, 6.07) is 7.56. The first-order chi connectivity index (χ1) is 15.6. The molecule has 0 saturated carbocycles. The average Bonchev–Trinajstić information content (AvgIpc) is 3.56. The molecule has 8 nitrogen and oxygen atoms in total. The summed E-state index contributed by atoms with van der Waals surface area (Å²) < 4.78 is 12.5. The molecule has 4 heterocycles. The largest absolute Gasteiger partial charge is 0.464 e. The third-order valence-electron chi connectivity index (χ3n) is 4.48. The minimum atomic E-state index is -0.505. The highest BCUT2D eigenvalue weighted by Gasteiger charge is 2.24. The lowest BCUT2D eigenvalue weighted by Gasteiger charge is -2.08. The van der Waals surface area contributed by atoms with E-state index in [0.717, 1.165) is 5.82 Å². The fourth-order valence-electron chi connectivity index (χ4n) is 2.96. The number of thioether (sulfide) groups is 1. The fraction of sp³-hybridized carbons (Fsp3) is 0.238. The van der Waals surface area contributed by atoms with E-state index in [2.05, 4.69) is 21.6 Å². The second kappa shape index (κ2) is 10.2. The third kappa shape index (κ3) is 4.95. The lowest BCUT2D eigenvalue weighted by atomic mass is 10.1. The molecule has 0 aliphatic heterocycles. The minimum absolute atomic E-state index is 0.126. The number of anilines is 1. The number of rotatable bonds is 9. The Kier molecular flexibility index (Phi) is 7.08. The first-order valence-corrected chi connectivity index (χ1v) is 12.5. The normalized spacial score (nSPS) is 10.9. The number of nitrogens with one attached hydrogen (secondary N) is 1. The number of carbonyl (C=O) groups excluding carboxylic acids is 2. The number of thiophene rings is 2. The van der Waals surface area contributed by atoms with E-state index in [-0.39, 0.29) is 18.3 Å². The monoisotopic (exact) mass is 488 g/mol. The van der Waals surface area contributed by atoms with Gasteiger partial charge in [-0.15, -0.1) is 32.9 Å². The molecule has 4 aromatic heterocycles. The highest BCUT2D eigenvalue weighted by molar-refractivity contribution is 7.99. The Labute approximate surface area is 196 Å². The maximum Gasteiger partial charge on any atom is 0.341 e. The zero-order valence-electron chi connectivity index (χ0n) is 17.4. The van der Waals surface area contributed by atoms with E-state index in [1.165, 1.54) is 34.2 Å². The summed E-state index contributed by atoms with van der Waals surface area (Å²) in [6.07, 6.45) is 2.23. The number of furan rings is 1. The summed E-state index contributed by atoms with van der Waals surface area (Å²) in [6.45, 7) is 1.97. The zero-order chi connectivity index (χ0) is 22.5. The van der Waals surface area contributed by atoms with Crippen LogP contribution >= 0.6 is 34.4 Å². The number of hydrogen-bond donors (Lipinski definition) is 1. The van der Waals surface area contributed by atoms with Gasteiger partial charge in [-0.05, 0) is 30.5 Å². The number of amides is 1. The molecule has 1 amide bonds. The Hall–Kier alpha value is -2.89. The van der Waals surface area contributed by atoms with Gasteiger partial charge in [-0.1, -0.05) is 17.8 Å². The Bertz CT molecular complexity index is 1200. The summed E-state index contributed by atoms with van der Waals surface area (Å²) in [5.74, 6) is 0.741. The molecular weight excluding hydrogens is 468 g/mol. The Balaban J connectivity index is 1.43. The molecule has 4 aromatic rings. The van der Waals surface area contributed by atoms with E-state index < -0.39 is 5.97 Å². The maximum atomic E-state index is 12.6. The maximum absolute atomic E-state index is 12.6. The van der Waals surface area contributed by atoms with Crippen LogP contribution in [0.15, 0.2) is 50.9 Å². The average molecular weight is 489 g/mol. The zero-order valence-corrected chi connectivity index (χ0v) is 19.8. The molecule has 0 saturated heterocycles. The van der Waals surface area contributed by atoms with E-state index in [1.807, 2.05) is 23.1 Å². The van der Waals surface area contributed by atoms with Gasteiger partial charge in [0.15, 0.2) is 5.16 Å². The molecule has 1 N–H and O–H groups in total. The lowest BCUT2D eigenvalue weighted by molar-refractivity contribution is -0.113. The van der Waals surface area contributed by atoms with Gasteiger partial charge in [0.1, 0.15) is 22.1 Å². The number of ether oxygens (including phenoxy) is 1. The van der Waals surface area contributed by atoms with Crippen molar-refractivity contribution in [3.05, 3.63) is 57.6 Å². The molecule has 0 spiro atoms. The molecule has 0 atom stereocenters. The molecule has 0 fully saturated rings. The van der Waals surface area contributed by atoms with Gasteiger partial charge in [-0.3, -0.25) is 4.79 Å². The molecule has 166 valence electrons. The second-order valence-electron chi connectivity index (χ2n) is 6.60. The van der Waals surface area contributed by atoms with Crippen LogP contribution in [0.1, 0.15) is 28.0 Å². The molecule has 4 rings (SSSR count). The van der Waals surface area contributed by atoms with E-state index in [1.54, 1.807) is 35.8 Å². The van der Waals surface area contributed by atoms with Crippen LogP contribution in [0, 0.1) is 0 Å². The van der Waals surface area contributed by atoms with Gasteiger partial charge >= 0.3 is 5.97 Å². The number of nitrogens with zero attached hydrogens (tertiary/aromatic N) is 3. The molecule has 0 aliphatic carbocycles. The van der Waals surface area contributed by atoms with Crippen LogP contribution in [-0.4, -0.2) is 39.0 Å². The predicted molar refractivity (Wildman–Crippen MR) is 125 cm³/mol. The molecule has 0 aromatic carbocycles. The molecule has 11 heteroatoms. The summed E-state index contributed by atoms with van der Waals surface area (Å²) >= 11 is 4.21. The predicted octanol–water partition coefficient (Wildman–Crippen LogP) is 4.70. The topological polar surface area (TPSA) is 99.2 Å². The first kappa shape index (κ1) is 22.3. The van der Waals surface area contributed by atoms with Gasteiger partial charge < -0.3 is 19.0 Å². The van der Waals surface area contributed by atoms with Crippen molar-refractivity contribution < 1.29 is 18.7 Å². The molecule has 0 aliphatic rings. The fourth-order valence-corrected chi connectivity index (χ4v) is 5.34. The highest BCUT2D eigenvalue weighted by atomic mass is 32.2. The van der Waals surface area contributed by atoms with Gasteiger partial charge in [0, 0.05) is 29.3 Å². The van der Waals surface area contributed by atoms with Crippen molar-refractivity contribution in [2.24, 2.45) is 7.05 Å². The lowest BCUT2D eigenvalue weighted by Crippen LogP contribution is -2.16. The highest BCUT2D eigenvalue weighted by Crippen LogP contribution is 2.36. The second-order valence-corrected chi connectivity index (χ2v) is 9.46. The van der Waals surface area contributed by atoms with Crippen molar-refractivity contribution in [1.29, 1.82) is 0 Å². The number of carbonyl (C=O) groups is 2. The minimum Gasteiger partial charge on any atom is -0.464 e. The molecule has 32 heavy (non-hydrogen) atoms. The number of aromatic nitrogens is 3. The van der Waals surface area contributed by atoms with Gasteiger partial charge in [-0.2, -0.15) is 0 Å². The quantitative estimate of drug-likeness (QED) is 0.269. The molecule has 0 bridgehead atoms. The summed E-state index contributed by atoms with van der Waals surface area (Å²) in [4.78, 5) is 26.4. The van der Waals surface area contributed by atoms with Crippen molar-refractivity contribution in [3.63, 3.8) is 0 Å². The van der Waals surface area contributed by atoms with Gasteiger partial charge in [-0.25, -0.2) is 4.79 Å². The van der Waals surface area contributed by atoms with Gasteiger partial charge in [0.05, 0.1) is 18.6 Å². The van der Waals surface area contributed by atoms with Crippen molar-refractivity contribution in [2.75, 3.05) is 17.7 Å². The van der Waals surface area contributed by atoms with Crippen LogP contribution < -0.4 is 5.32 Å². The van der Waals surface area contributed by atoms with Crippen LogP contribution in [-0.2, 0) is 23.0 Å². The van der Waals surface area contributed by atoms with Crippen LogP contribution in [0.3, 0.4) is 0 Å². The SMILES string of the molecule is CCOC(=O)c1c(-c2ccco2)csc1NC(=O)CSc1nnc(Cc2cccs2)n1C. The summed E-state index contributed by atoms with van der Waals surface area (Å²) in [5.41, 5.74) is 0.884. The summed E-state index contributed by atoms with van der Waals surface area (Å²) in [5, 5.41) is 16.1. The van der Waals surface area contributed by atoms with E-state index in [0.29, 0.717) is 33.5 Å².